The molecule has 0 spiro atoms. The Morgan fingerprint density at radius 2 is 1.48 bits per heavy atom. The van der Waals surface area contributed by atoms with E-state index in [0.29, 0.717) is 0 Å². The van der Waals surface area contributed by atoms with Gasteiger partial charge < -0.3 is 5.32 Å². The van der Waals surface area contributed by atoms with E-state index in [1.165, 1.54) is 11.1 Å². The highest BCUT2D eigenvalue weighted by Crippen LogP contribution is 2.23. The van der Waals surface area contributed by atoms with E-state index in [0.717, 1.165) is 18.4 Å². The molecule has 1 amide bonds. The predicted octanol–water partition coefficient (Wildman–Crippen LogP) is 4.93. The van der Waals surface area contributed by atoms with Crippen LogP contribution < -0.4 is 10.6 Å². The topological polar surface area (TPSA) is 41.1 Å². The van der Waals surface area contributed by atoms with Crippen LogP contribution in [0.25, 0.3) is 11.1 Å². The second kappa shape index (κ2) is 9.92. The van der Waals surface area contributed by atoms with Crippen molar-refractivity contribution in [2.75, 3.05) is 7.05 Å². The van der Waals surface area contributed by atoms with Crippen LogP contribution in [0.2, 0.25) is 0 Å². The minimum atomic E-state index is -0.324. The van der Waals surface area contributed by atoms with E-state index < -0.39 is 0 Å². The minimum Gasteiger partial charge on any atom is -0.338 e. The molecule has 0 saturated heterocycles. The average Bonchev–Trinajstić information content (AvgIpc) is 2.66. The number of nitrogens with one attached hydrogen (secondary N) is 2. The summed E-state index contributed by atoms with van der Waals surface area (Å²) in [6.45, 7) is 6.12. The van der Waals surface area contributed by atoms with Crippen LogP contribution in [0.1, 0.15) is 45.1 Å². The fraction of sp³-hybridized carbons (Fsp3) is 0.381. The van der Waals surface area contributed by atoms with Gasteiger partial charge in [-0.25, -0.2) is 0 Å². The summed E-state index contributed by atoms with van der Waals surface area (Å²) in [5.74, 6) is -0.124. The minimum absolute atomic E-state index is 0. The lowest BCUT2D eigenvalue weighted by Crippen LogP contribution is -2.57. The van der Waals surface area contributed by atoms with Crippen molar-refractivity contribution in [1.82, 2.24) is 10.6 Å². The maximum atomic E-state index is 12.6. The number of hydrogen-bond acceptors (Lipinski definition) is 2. The fourth-order valence-corrected chi connectivity index (χ4v) is 2.93. The summed E-state index contributed by atoms with van der Waals surface area (Å²) in [7, 11) is 1.90. The Labute approximate surface area is 168 Å². The van der Waals surface area contributed by atoms with Crippen LogP contribution in [0.3, 0.4) is 0 Å². The van der Waals surface area contributed by atoms with Gasteiger partial charge in [-0.1, -0.05) is 68.4 Å². The van der Waals surface area contributed by atoms with Crippen molar-refractivity contribution in [2.45, 2.75) is 45.2 Å². The summed E-state index contributed by atoms with van der Waals surface area (Å²) in [5.41, 5.74) is 3.06. The molecule has 2 N–H and O–H groups in total. The van der Waals surface area contributed by atoms with Crippen molar-refractivity contribution in [3.8, 4) is 11.1 Å². The summed E-state index contributed by atoms with van der Waals surface area (Å²) in [6.07, 6.45) is 1.71. The van der Waals surface area contributed by atoms with Crippen LogP contribution in [0.5, 0.6) is 0 Å². The van der Waals surface area contributed by atoms with Crippen molar-refractivity contribution in [1.29, 1.82) is 0 Å². The fourth-order valence-electron chi connectivity index (χ4n) is 2.93. The van der Waals surface area contributed by atoms with E-state index in [-0.39, 0.29) is 41.5 Å². The number of hydrogen-bond donors (Lipinski definition) is 2. The second-order valence-corrected chi connectivity index (χ2v) is 6.24. The SMILES string of the molecule is CCC(CC)(NC)NC(=O)C(C)c1ccc(-c2ccccc2)cc1.I. The van der Waals surface area contributed by atoms with Gasteiger partial charge in [0.25, 0.3) is 0 Å². The molecular formula is C21H29IN2O. The molecule has 1 atom stereocenters. The maximum Gasteiger partial charge on any atom is 0.228 e. The zero-order chi connectivity index (χ0) is 17.6. The largest absolute Gasteiger partial charge is 0.338 e. The van der Waals surface area contributed by atoms with Crippen LogP contribution in [-0.4, -0.2) is 18.6 Å². The van der Waals surface area contributed by atoms with E-state index >= 15 is 0 Å². The Balaban J connectivity index is 0.00000312. The van der Waals surface area contributed by atoms with Crippen LogP contribution in [-0.2, 0) is 4.79 Å². The molecule has 1 unspecified atom stereocenters. The molecule has 25 heavy (non-hydrogen) atoms. The molecule has 0 saturated carbocycles. The predicted molar refractivity (Wildman–Crippen MR) is 116 cm³/mol. The van der Waals surface area contributed by atoms with Gasteiger partial charge in [-0.05, 0) is 43.5 Å². The lowest BCUT2D eigenvalue weighted by Gasteiger charge is -2.33. The molecule has 0 fully saturated rings. The first-order valence-corrected chi connectivity index (χ1v) is 8.71. The quantitative estimate of drug-likeness (QED) is 0.462. The molecule has 0 aliphatic heterocycles. The molecule has 0 aliphatic carbocycles. The van der Waals surface area contributed by atoms with Gasteiger partial charge in [0.15, 0.2) is 0 Å². The Hall–Kier alpha value is -1.40. The molecule has 0 aromatic heterocycles. The van der Waals surface area contributed by atoms with Crippen molar-refractivity contribution in [3.63, 3.8) is 0 Å². The molecule has 2 rings (SSSR count). The van der Waals surface area contributed by atoms with Gasteiger partial charge in [-0.15, -0.1) is 24.0 Å². The molecule has 2 aromatic carbocycles. The molecule has 0 bridgehead atoms. The van der Waals surface area contributed by atoms with Crippen molar-refractivity contribution in [2.24, 2.45) is 0 Å². The number of halogens is 1. The molecular weight excluding hydrogens is 423 g/mol. The summed E-state index contributed by atoms with van der Waals surface area (Å²) in [4.78, 5) is 12.6. The van der Waals surface area contributed by atoms with Gasteiger partial charge >= 0.3 is 0 Å². The van der Waals surface area contributed by atoms with E-state index in [2.05, 4.69) is 48.7 Å². The molecule has 2 aromatic rings. The third kappa shape index (κ3) is 5.28. The highest BCUT2D eigenvalue weighted by atomic mass is 127. The molecule has 3 nitrogen and oxygen atoms in total. The zero-order valence-corrected chi connectivity index (χ0v) is 17.8. The van der Waals surface area contributed by atoms with Gasteiger partial charge in [-0.3, -0.25) is 10.1 Å². The highest BCUT2D eigenvalue weighted by molar-refractivity contribution is 14.0. The Morgan fingerprint density at radius 3 is 1.96 bits per heavy atom. The van der Waals surface area contributed by atoms with Crippen LogP contribution in [0.4, 0.5) is 0 Å². The van der Waals surface area contributed by atoms with Crippen LogP contribution in [0, 0.1) is 0 Å². The molecule has 4 heteroatoms. The van der Waals surface area contributed by atoms with Gasteiger partial charge in [-0.2, -0.15) is 0 Å². The number of carbonyl (C=O) groups is 1. The molecule has 0 aliphatic rings. The van der Waals surface area contributed by atoms with Gasteiger partial charge in [0, 0.05) is 0 Å². The first-order valence-electron chi connectivity index (χ1n) is 8.71. The van der Waals surface area contributed by atoms with Crippen LogP contribution in [0.15, 0.2) is 54.6 Å². The number of rotatable bonds is 7. The Kier molecular flexibility index (Phi) is 8.59. The first kappa shape index (κ1) is 21.6. The summed E-state index contributed by atoms with van der Waals surface area (Å²) < 4.78 is 0. The van der Waals surface area contributed by atoms with Crippen molar-refractivity contribution < 1.29 is 4.79 Å². The zero-order valence-electron chi connectivity index (χ0n) is 15.5. The first-order chi connectivity index (χ1) is 11.5. The van der Waals surface area contributed by atoms with Gasteiger partial charge in [0.05, 0.1) is 11.6 Å². The highest BCUT2D eigenvalue weighted by Gasteiger charge is 2.28. The number of benzene rings is 2. The normalized spacial score (nSPS) is 12.2. The molecule has 136 valence electrons. The number of carbonyl (C=O) groups excluding carboxylic acids is 1. The van der Waals surface area contributed by atoms with E-state index in [9.17, 15) is 4.79 Å². The number of amides is 1. The average molecular weight is 452 g/mol. The van der Waals surface area contributed by atoms with E-state index in [4.69, 9.17) is 0 Å². The smallest absolute Gasteiger partial charge is 0.228 e. The standard InChI is InChI=1S/C21H28N2O.HI/c1-5-21(6-2,22-4)23-20(24)16(3)17-12-14-19(15-13-17)18-10-8-7-9-11-18;/h7-16,22H,5-6H2,1-4H3,(H,23,24);1H. The Morgan fingerprint density at radius 1 is 0.960 bits per heavy atom. The lowest BCUT2D eigenvalue weighted by atomic mass is 9.95. The van der Waals surface area contributed by atoms with Crippen molar-refractivity contribution >= 4 is 29.9 Å². The van der Waals surface area contributed by atoms with Crippen molar-refractivity contribution in [3.05, 3.63) is 60.2 Å². The third-order valence-electron chi connectivity index (χ3n) is 4.96. The van der Waals surface area contributed by atoms with Gasteiger partial charge in [0.2, 0.25) is 5.91 Å². The summed E-state index contributed by atoms with van der Waals surface area (Å²) in [5, 5.41) is 6.42. The maximum absolute atomic E-state index is 12.6. The monoisotopic (exact) mass is 452 g/mol. The molecule has 0 heterocycles. The Bertz CT molecular complexity index is 643. The summed E-state index contributed by atoms with van der Waals surface area (Å²) in [6, 6.07) is 18.5. The van der Waals surface area contributed by atoms with Crippen LogP contribution >= 0.6 is 24.0 Å². The second-order valence-electron chi connectivity index (χ2n) is 6.24. The lowest BCUT2D eigenvalue weighted by molar-refractivity contribution is -0.124. The van der Waals surface area contributed by atoms with E-state index in [1.807, 2.05) is 44.3 Å². The van der Waals surface area contributed by atoms with E-state index in [1.54, 1.807) is 0 Å². The molecule has 0 radical (unpaired) electrons. The van der Waals surface area contributed by atoms with Gasteiger partial charge in [0.1, 0.15) is 0 Å². The summed E-state index contributed by atoms with van der Waals surface area (Å²) >= 11 is 0. The third-order valence-corrected chi connectivity index (χ3v) is 4.96.